The van der Waals surface area contributed by atoms with Gasteiger partial charge in [-0.05, 0) is 43.1 Å². The van der Waals surface area contributed by atoms with Gasteiger partial charge in [0.15, 0.2) is 0 Å². The molecule has 0 aliphatic heterocycles. The Hall–Kier alpha value is 0.140. The first kappa shape index (κ1) is 15.5. The van der Waals surface area contributed by atoms with Crippen molar-refractivity contribution in [2.75, 3.05) is 7.05 Å². The van der Waals surface area contributed by atoms with Gasteiger partial charge in [0.2, 0.25) is 0 Å². The summed E-state index contributed by atoms with van der Waals surface area (Å²) in [5.74, 6) is 0.880. The van der Waals surface area contributed by atoms with Crippen LogP contribution >= 0.6 is 31.9 Å². The average Bonchev–Trinajstić information content (AvgIpc) is 2.67. The second-order valence-electron chi connectivity index (χ2n) is 5.60. The summed E-state index contributed by atoms with van der Waals surface area (Å²) in [7, 11) is 2.08. The van der Waals surface area contributed by atoms with Crippen LogP contribution in [-0.2, 0) is 0 Å². The van der Waals surface area contributed by atoms with Gasteiger partial charge in [-0.2, -0.15) is 0 Å². The van der Waals surface area contributed by atoms with E-state index in [9.17, 15) is 0 Å². The van der Waals surface area contributed by atoms with Crippen molar-refractivity contribution >= 4 is 31.9 Å². The molecule has 0 spiro atoms. The highest BCUT2D eigenvalue weighted by Gasteiger charge is 2.20. The van der Waals surface area contributed by atoms with E-state index in [4.69, 9.17) is 0 Å². The molecule has 1 aliphatic carbocycles. The molecule has 19 heavy (non-hydrogen) atoms. The lowest BCUT2D eigenvalue weighted by molar-refractivity contribution is 0.367. The van der Waals surface area contributed by atoms with Crippen molar-refractivity contribution in [2.45, 2.75) is 51.0 Å². The van der Waals surface area contributed by atoms with Crippen LogP contribution in [0.4, 0.5) is 0 Å². The zero-order valence-electron chi connectivity index (χ0n) is 11.6. The Labute approximate surface area is 133 Å². The molecule has 0 bridgehead atoms. The molecule has 0 aromatic heterocycles. The predicted molar refractivity (Wildman–Crippen MR) is 89.5 cm³/mol. The zero-order valence-corrected chi connectivity index (χ0v) is 14.8. The van der Waals surface area contributed by atoms with E-state index in [2.05, 4.69) is 62.4 Å². The number of halogens is 2. The van der Waals surface area contributed by atoms with Crippen LogP contribution in [0.25, 0.3) is 0 Å². The maximum atomic E-state index is 3.69. The van der Waals surface area contributed by atoms with Gasteiger partial charge in [-0.25, -0.2) is 0 Å². The van der Waals surface area contributed by atoms with Crippen LogP contribution in [0.1, 0.15) is 56.6 Å². The molecule has 1 aromatic rings. The first-order valence-electron chi connectivity index (χ1n) is 7.33. The molecule has 1 nitrogen and oxygen atoms in total. The standard InChI is InChI=1S/C16H23Br2N/c1-19-16(10-12-6-4-2-3-5-7-12)14-11-13(17)8-9-15(14)18/h8-9,11-12,16,19H,2-7,10H2,1H3. The van der Waals surface area contributed by atoms with E-state index in [1.165, 1.54) is 55.0 Å². The van der Waals surface area contributed by atoms with Crippen molar-refractivity contribution in [3.05, 3.63) is 32.7 Å². The number of rotatable bonds is 4. The molecule has 0 radical (unpaired) electrons. The Morgan fingerprint density at radius 1 is 1.16 bits per heavy atom. The minimum Gasteiger partial charge on any atom is -0.313 e. The molecule has 1 saturated carbocycles. The number of nitrogens with one attached hydrogen (secondary N) is 1. The van der Waals surface area contributed by atoms with E-state index in [-0.39, 0.29) is 0 Å². The van der Waals surface area contributed by atoms with Gasteiger partial charge in [0.25, 0.3) is 0 Å². The van der Waals surface area contributed by atoms with Crippen LogP contribution < -0.4 is 5.32 Å². The highest BCUT2D eigenvalue weighted by Crippen LogP contribution is 2.34. The topological polar surface area (TPSA) is 12.0 Å². The summed E-state index contributed by atoms with van der Waals surface area (Å²) in [5.41, 5.74) is 1.38. The first-order valence-corrected chi connectivity index (χ1v) is 8.91. The summed E-state index contributed by atoms with van der Waals surface area (Å²) in [4.78, 5) is 0. The summed E-state index contributed by atoms with van der Waals surface area (Å²) < 4.78 is 2.37. The van der Waals surface area contributed by atoms with Crippen molar-refractivity contribution in [3.8, 4) is 0 Å². The third-order valence-corrected chi connectivity index (χ3v) is 5.44. The number of benzene rings is 1. The molecule has 2 rings (SSSR count). The van der Waals surface area contributed by atoms with Crippen molar-refractivity contribution in [1.82, 2.24) is 5.32 Å². The van der Waals surface area contributed by atoms with Gasteiger partial charge < -0.3 is 5.32 Å². The summed E-state index contributed by atoms with van der Waals surface area (Å²) in [6, 6.07) is 6.92. The minimum absolute atomic E-state index is 0.454. The molecule has 0 heterocycles. The Balaban J connectivity index is 2.08. The van der Waals surface area contributed by atoms with Gasteiger partial charge in [0, 0.05) is 15.0 Å². The molecule has 1 N–H and O–H groups in total. The fraction of sp³-hybridized carbons (Fsp3) is 0.625. The van der Waals surface area contributed by atoms with Crippen molar-refractivity contribution in [1.29, 1.82) is 0 Å². The normalized spacial score (nSPS) is 19.1. The molecule has 1 atom stereocenters. The second-order valence-corrected chi connectivity index (χ2v) is 7.37. The summed E-state index contributed by atoms with van der Waals surface area (Å²) in [6.45, 7) is 0. The van der Waals surface area contributed by atoms with E-state index in [1.807, 2.05) is 0 Å². The van der Waals surface area contributed by atoms with Gasteiger partial charge in [-0.15, -0.1) is 0 Å². The Kier molecular flexibility index (Phi) is 6.37. The Morgan fingerprint density at radius 2 is 1.84 bits per heavy atom. The smallest absolute Gasteiger partial charge is 0.0331 e. The van der Waals surface area contributed by atoms with E-state index in [0.29, 0.717) is 6.04 Å². The minimum atomic E-state index is 0.454. The van der Waals surface area contributed by atoms with Crippen LogP contribution in [0, 0.1) is 5.92 Å². The van der Waals surface area contributed by atoms with Crippen molar-refractivity contribution in [3.63, 3.8) is 0 Å². The fourth-order valence-corrected chi connectivity index (χ4v) is 4.02. The van der Waals surface area contributed by atoms with Crippen molar-refractivity contribution < 1.29 is 0 Å². The van der Waals surface area contributed by atoms with Crippen LogP contribution in [0.3, 0.4) is 0 Å². The molecule has 1 aromatic carbocycles. The zero-order chi connectivity index (χ0) is 13.7. The maximum absolute atomic E-state index is 3.69. The van der Waals surface area contributed by atoms with Crippen molar-refractivity contribution in [2.24, 2.45) is 5.92 Å². The summed E-state index contributed by atoms with van der Waals surface area (Å²) in [5, 5.41) is 3.50. The molecule has 1 fully saturated rings. The van der Waals surface area contributed by atoms with Crippen LogP contribution in [-0.4, -0.2) is 7.05 Å². The lowest BCUT2D eigenvalue weighted by atomic mass is 9.89. The largest absolute Gasteiger partial charge is 0.313 e. The molecule has 1 unspecified atom stereocenters. The average molecular weight is 389 g/mol. The van der Waals surface area contributed by atoms with E-state index >= 15 is 0 Å². The first-order chi connectivity index (χ1) is 9.20. The van der Waals surface area contributed by atoms with E-state index in [1.54, 1.807) is 0 Å². The van der Waals surface area contributed by atoms with Gasteiger partial charge >= 0.3 is 0 Å². The molecular formula is C16H23Br2N. The monoisotopic (exact) mass is 387 g/mol. The van der Waals surface area contributed by atoms with E-state index in [0.717, 1.165) is 10.4 Å². The second kappa shape index (κ2) is 7.80. The third kappa shape index (κ3) is 4.57. The Morgan fingerprint density at radius 3 is 2.47 bits per heavy atom. The Bertz CT molecular complexity index is 398. The van der Waals surface area contributed by atoms with Crippen LogP contribution in [0.15, 0.2) is 27.1 Å². The SMILES string of the molecule is CNC(CC1CCCCCC1)c1cc(Br)ccc1Br. The summed E-state index contributed by atoms with van der Waals surface area (Å²) in [6.07, 6.45) is 9.77. The third-order valence-electron chi connectivity index (χ3n) is 4.23. The quantitative estimate of drug-likeness (QED) is 0.639. The molecule has 0 amide bonds. The van der Waals surface area contributed by atoms with Gasteiger partial charge in [-0.3, -0.25) is 0 Å². The predicted octanol–water partition coefficient (Wildman–Crippen LogP) is 5.83. The lowest BCUT2D eigenvalue weighted by Gasteiger charge is -2.24. The van der Waals surface area contributed by atoms with Gasteiger partial charge in [0.1, 0.15) is 0 Å². The number of hydrogen-bond acceptors (Lipinski definition) is 1. The molecule has 3 heteroatoms. The van der Waals surface area contributed by atoms with Crippen LogP contribution in [0.2, 0.25) is 0 Å². The molecule has 106 valence electrons. The maximum Gasteiger partial charge on any atom is 0.0331 e. The molecule has 1 aliphatic rings. The van der Waals surface area contributed by atoms with Crippen LogP contribution in [0.5, 0.6) is 0 Å². The van der Waals surface area contributed by atoms with Gasteiger partial charge in [-0.1, -0.05) is 70.4 Å². The lowest BCUT2D eigenvalue weighted by Crippen LogP contribution is -2.20. The molecular weight excluding hydrogens is 366 g/mol. The van der Waals surface area contributed by atoms with E-state index < -0.39 is 0 Å². The fourth-order valence-electron chi connectivity index (χ4n) is 3.11. The summed E-state index contributed by atoms with van der Waals surface area (Å²) >= 11 is 7.27. The highest BCUT2D eigenvalue weighted by atomic mass is 79.9. The number of hydrogen-bond donors (Lipinski definition) is 1. The molecule has 0 saturated heterocycles. The highest BCUT2D eigenvalue weighted by molar-refractivity contribution is 9.11. The van der Waals surface area contributed by atoms with Gasteiger partial charge in [0.05, 0.1) is 0 Å².